The van der Waals surface area contributed by atoms with Gasteiger partial charge < -0.3 is 14.7 Å². The standard InChI is InChI=1S/C23H26N2O4/c1-5-29-18-8-6-7-17(14-18)25-22(27)20(19-10-9-15(2)13-16(19)3)21(23(25)28)24(4)11-12-26/h6-10,13-14,26H,5,11-12H2,1-4H3. The highest BCUT2D eigenvalue weighted by molar-refractivity contribution is 6.45. The Kier molecular flexibility index (Phi) is 6.03. The van der Waals surface area contributed by atoms with E-state index in [1.54, 1.807) is 36.2 Å². The largest absolute Gasteiger partial charge is 0.494 e. The van der Waals surface area contributed by atoms with Crippen LogP contribution in [0.2, 0.25) is 0 Å². The topological polar surface area (TPSA) is 70.1 Å². The summed E-state index contributed by atoms with van der Waals surface area (Å²) < 4.78 is 5.53. The van der Waals surface area contributed by atoms with Crippen molar-refractivity contribution in [3.8, 4) is 5.75 Å². The maximum absolute atomic E-state index is 13.5. The summed E-state index contributed by atoms with van der Waals surface area (Å²) in [5.41, 5.74) is 3.82. The third-order valence-corrected chi connectivity index (χ3v) is 4.91. The van der Waals surface area contributed by atoms with Crippen LogP contribution in [0.15, 0.2) is 48.2 Å². The number of nitrogens with zero attached hydrogens (tertiary/aromatic N) is 2. The molecule has 3 rings (SSSR count). The van der Waals surface area contributed by atoms with Gasteiger partial charge in [-0.1, -0.05) is 29.8 Å². The predicted molar refractivity (Wildman–Crippen MR) is 113 cm³/mol. The van der Waals surface area contributed by atoms with Gasteiger partial charge in [-0.3, -0.25) is 9.59 Å². The summed E-state index contributed by atoms with van der Waals surface area (Å²) in [6, 6.07) is 12.7. The van der Waals surface area contributed by atoms with E-state index in [1.165, 1.54) is 4.90 Å². The number of amides is 2. The third kappa shape index (κ3) is 3.89. The van der Waals surface area contributed by atoms with Crippen molar-refractivity contribution < 1.29 is 19.4 Å². The first-order valence-electron chi connectivity index (χ1n) is 9.64. The number of benzene rings is 2. The fourth-order valence-corrected chi connectivity index (χ4v) is 3.58. The van der Waals surface area contributed by atoms with Gasteiger partial charge in [0.25, 0.3) is 11.8 Å². The zero-order valence-corrected chi connectivity index (χ0v) is 17.2. The summed E-state index contributed by atoms with van der Waals surface area (Å²) in [6.07, 6.45) is 0. The van der Waals surface area contributed by atoms with Gasteiger partial charge in [-0.2, -0.15) is 0 Å². The van der Waals surface area contributed by atoms with Crippen LogP contribution in [0.25, 0.3) is 5.57 Å². The zero-order chi connectivity index (χ0) is 21.1. The van der Waals surface area contributed by atoms with Crippen molar-refractivity contribution >= 4 is 23.1 Å². The van der Waals surface area contributed by atoms with Gasteiger partial charge in [0.05, 0.1) is 24.5 Å². The summed E-state index contributed by atoms with van der Waals surface area (Å²) in [5.74, 6) is -0.194. The Balaban J connectivity index is 2.13. The van der Waals surface area contributed by atoms with E-state index in [0.29, 0.717) is 23.6 Å². The van der Waals surface area contributed by atoms with Crippen LogP contribution in [-0.4, -0.2) is 48.6 Å². The molecule has 2 aromatic carbocycles. The molecule has 6 heteroatoms. The van der Waals surface area contributed by atoms with E-state index < -0.39 is 5.91 Å². The lowest BCUT2D eigenvalue weighted by Gasteiger charge is -2.20. The highest BCUT2D eigenvalue weighted by atomic mass is 16.5. The Bertz CT molecular complexity index is 981. The number of aliphatic hydroxyl groups is 1. The Morgan fingerprint density at radius 2 is 1.83 bits per heavy atom. The number of hydrogen-bond acceptors (Lipinski definition) is 5. The summed E-state index contributed by atoms with van der Waals surface area (Å²) in [4.78, 5) is 29.6. The molecule has 0 fully saturated rings. The first-order chi connectivity index (χ1) is 13.9. The molecule has 1 aliphatic rings. The van der Waals surface area contributed by atoms with Gasteiger partial charge in [0.2, 0.25) is 0 Å². The summed E-state index contributed by atoms with van der Waals surface area (Å²) in [7, 11) is 1.71. The van der Waals surface area contributed by atoms with Crippen molar-refractivity contribution in [2.45, 2.75) is 20.8 Å². The number of likely N-dealkylation sites (N-methyl/N-ethyl adjacent to an activating group) is 1. The van der Waals surface area contributed by atoms with Crippen LogP contribution in [0.4, 0.5) is 5.69 Å². The number of rotatable bonds is 7. The molecule has 152 valence electrons. The van der Waals surface area contributed by atoms with E-state index in [0.717, 1.165) is 16.7 Å². The third-order valence-electron chi connectivity index (χ3n) is 4.91. The smallest absolute Gasteiger partial charge is 0.282 e. The number of carbonyl (C=O) groups excluding carboxylic acids is 2. The molecule has 2 aromatic rings. The monoisotopic (exact) mass is 394 g/mol. The second kappa shape index (κ2) is 8.49. The van der Waals surface area contributed by atoms with E-state index in [-0.39, 0.29) is 24.8 Å². The molecular weight excluding hydrogens is 368 g/mol. The lowest BCUT2D eigenvalue weighted by Crippen LogP contribution is -2.34. The van der Waals surface area contributed by atoms with Crippen molar-refractivity contribution in [3.63, 3.8) is 0 Å². The average molecular weight is 394 g/mol. The molecule has 1 heterocycles. The number of carbonyl (C=O) groups is 2. The molecule has 0 radical (unpaired) electrons. The maximum atomic E-state index is 13.5. The Morgan fingerprint density at radius 3 is 2.48 bits per heavy atom. The lowest BCUT2D eigenvalue weighted by molar-refractivity contribution is -0.120. The van der Waals surface area contributed by atoms with Gasteiger partial charge in [0, 0.05) is 19.7 Å². The Morgan fingerprint density at radius 1 is 1.07 bits per heavy atom. The van der Waals surface area contributed by atoms with Crippen LogP contribution >= 0.6 is 0 Å². The molecule has 0 atom stereocenters. The average Bonchev–Trinajstić information content (AvgIpc) is 2.93. The van der Waals surface area contributed by atoms with Gasteiger partial charge in [0.15, 0.2) is 0 Å². The molecule has 1 aliphatic heterocycles. The molecule has 0 unspecified atom stereocenters. The van der Waals surface area contributed by atoms with Crippen molar-refractivity contribution in [1.29, 1.82) is 0 Å². The van der Waals surface area contributed by atoms with Gasteiger partial charge in [-0.15, -0.1) is 0 Å². The number of aliphatic hydroxyl groups excluding tert-OH is 1. The first kappa shape index (κ1) is 20.6. The van der Waals surface area contributed by atoms with Crippen LogP contribution in [0.3, 0.4) is 0 Å². The number of aryl methyl sites for hydroxylation is 2. The lowest BCUT2D eigenvalue weighted by atomic mass is 9.97. The van der Waals surface area contributed by atoms with E-state index in [1.807, 2.05) is 39.0 Å². The summed E-state index contributed by atoms with van der Waals surface area (Å²) >= 11 is 0. The molecule has 6 nitrogen and oxygen atoms in total. The molecule has 0 aromatic heterocycles. The predicted octanol–water partition coefficient (Wildman–Crippen LogP) is 2.91. The number of ether oxygens (including phenoxy) is 1. The minimum absolute atomic E-state index is 0.124. The first-order valence-corrected chi connectivity index (χ1v) is 9.64. The van der Waals surface area contributed by atoms with Crippen LogP contribution in [-0.2, 0) is 9.59 Å². The number of anilines is 1. The second-order valence-corrected chi connectivity index (χ2v) is 7.06. The SMILES string of the molecule is CCOc1cccc(N2C(=O)C(c3ccc(C)cc3C)=C(N(C)CCO)C2=O)c1. The van der Waals surface area contributed by atoms with Gasteiger partial charge in [-0.25, -0.2) is 4.90 Å². The second-order valence-electron chi connectivity index (χ2n) is 7.06. The molecule has 0 bridgehead atoms. The van der Waals surface area contributed by atoms with E-state index in [9.17, 15) is 14.7 Å². The minimum Gasteiger partial charge on any atom is -0.494 e. The number of imide groups is 1. The zero-order valence-electron chi connectivity index (χ0n) is 17.2. The molecule has 0 saturated carbocycles. The summed E-state index contributed by atoms with van der Waals surface area (Å²) in [6.45, 7) is 6.39. The highest BCUT2D eigenvalue weighted by Crippen LogP contribution is 2.36. The minimum atomic E-state index is -0.408. The maximum Gasteiger partial charge on any atom is 0.282 e. The van der Waals surface area contributed by atoms with Gasteiger partial charge in [-0.05, 0) is 44.0 Å². The highest BCUT2D eigenvalue weighted by Gasteiger charge is 2.42. The van der Waals surface area contributed by atoms with Crippen molar-refractivity contribution in [2.24, 2.45) is 0 Å². The number of hydrogen-bond donors (Lipinski definition) is 1. The van der Waals surface area contributed by atoms with Crippen molar-refractivity contribution in [3.05, 3.63) is 64.9 Å². The Labute approximate surface area is 171 Å². The van der Waals surface area contributed by atoms with Gasteiger partial charge >= 0.3 is 0 Å². The van der Waals surface area contributed by atoms with Crippen LogP contribution in [0.5, 0.6) is 5.75 Å². The van der Waals surface area contributed by atoms with E-state index in [2.05, 4.69) is 0 Å². The summed E-state index contributed by atoms with van der Waals surface area (Å²) in [5, 5.41) is 9.38. The van der Waals surface area contributed by atoms with Crippen LogP contribution in [0, 0.1) is 13.8 Å². The van der Waals surface area contributed by atoms with Crippen LogP contribution in [0.1, 0.15) is 23.6 Å². The molecule has 29 heavy (non-hydrogen) atoms. The molecular formula is C23H26N2O4. The fraction of sp³-hybridized carbons (Fsp3) is 0.304. The van der Waals surface area contributed by atoms with Crippen LogP contribution < -0.4 is 9.64 Å². The quantitative estimate of drug-likeness (QED) is 0.732. The molecule has 0 spiro atoms. The fourth-order valence-electron chi connectivity index (χ4n) is 3.58. The molecule has 2 amide bonds. The Hall–Kier alpha value is -3.12. The van der Waals surface area contributed by atoms with Gasteiger partial charge in [0.1, 0.15) is 11.4 Å². The van der Waals surface area contributed by atoms with E-state index >= 15 is 0 Å². The van der Waals surface area contributed by atoms with Crippen molar-refractivity contribution in [2.75, 3.05) is 31.7 Å². The molecule has 0 aliphatic carbocycles. The van der Waals surface area contributed by atoms with Crippen molar-refractivity contribution in [1.82, 2.24) is 4.90 Å². The van der Waals surface area contributed by atoms with E-state index in [4.69, 9.17) is 4.74 Å². The normalized spacial score (nSPS) is 14.0. The molecule has 0 saturated heterocycles. The molecule has 1 N–H and O–H groups in total.